The van der Waals surface area contributed by atoms with Crippen molar-refractivity contribution in [3.05, 3.63) is 52.1 Å². The molecule has 0 spiro atoms. The van der Waals surface area contributed by atoms with E-state index in [1.807, 2.05) is 4.90 Å². The minimum atomic E-state index is -3.55. The van der Waals surface area contributed by atoms with E-state index < -0.39 is 10.0 Å². The molecule has 1 N–H and O–H groups in total. The Morgan fingerprint density at radius 1 is 1.18 bits per heavy atom. The van der Waals surface area contributed by atoms with Gasteiger partial charge < -0.3 is 5.32 Å². The van der Waals surface area contributed by atoms with E-state index in [-0.39, 0.29) is 22.0 Å². The summed E-state index contributed by atoms with van der Waals surface area (Å²) in [7, 11) is -3.55. The molecule has 0 radical (unpaired) electrons. The molecule has 1 aromatic carbocycles. The van der Waals surface area contributed by atoms with Crippen LogP contribution in [0, 0.1) is 5.82 Å². The summed E-state index contributed by atoms with van der Waals surface area (Å²) < 4.78 is 40.3. The molecule has 1 saturated heterocycles. The van der Waals surface area contributed by atoms with Crippen molar-refractivity contribution < 1.29 is 17.6 Å². The molecule has 0 saturated carbocycles. The molecule has 10 heteroatoms. The van der Waals surface area contributed by atoms with Gasteiger partial charge in [0.2, 0.25) is 5.91 Å². The fraction of sp³-hybridized carbons (Fsp3) is 0.389. The number of piperazine rings is 1. The number of halogens is 2. The maximum absolute atomic E-state index is 12.9. The third-order valence-electron chi connectivity index (χ3n) is 4.72. The Bertz CT molecular complexity index is 926. The van der Waals surface area contributed by atoms with Crippen LogP contribution in [0.4, 0.5) is 4.39 Å². The minimum Gasteiger partial charge on any atom is -0.351 e. The maximum Gasteiger partial charge on any atom is 0.252 e. The highest BCUT2D eigenvalue weighted by molar-refractivity contribution is 7.91. The molecule has 28 heavy (non-hydrogen) atoms. The Hall–Kier alpha value is -1.52. The monoisotopic (exact) mass is 445 g/mol. The lowest BCUT2D eigenvalue weighted by Crippen LogP contribution is -2.54. The number of sulfonamides is 1. The van der Waals surface area contributed by atoms with Crippen LogP contribution in [0.3, 0.4) is 0 Å². The zero-order valence-electron chi connectivity index (χ0n) is 15.3. The molecule has 1 aliphatic rings. The Kier molecular flexibility index (Phi) is 6.72. The molecule has 1 fully saturated rings. The van der Waals surface area contributed by atoms with Crippen molar-refractivity contribution in [2.45, 2.75) is 23.7 Å². The highest BCUT2D eigenvalue weighted by Crippen LogP contribution is 2.28. The van der Waals surface area contributed by atoms with E-state index >= 15 is 0 Å². The zero-order chi connectivity index (χ0) is 20.3. The molecular formula is C18H21ClFN3O3S2. The third kappa shape index (κ3) is 4.90. The van der Waals surface area contributed by atoms with Crippen molar-refractivity contribution in [1.29, 1.82) is 0 Å². The van der Waals surface area contributed by atoms with E-state index in [0.29, 0.717) is 37.1 Å². The van der Waals surface area contributed by atoms with Gasteiger partial charge in [0.15, 0.2) is 0 Å². The predicted molar refractivity (Wildman–Crippen MR) is 107 cm³/mol. The van der Waals surface area contributed by atoms with Crippen molar-refractivity contribution in [1.82, 2.24) is 14.5 Å². The van der Waals surface area contributed by atoms with Gasteiger partial charge in [-0.1, -0.05) is 23.7 Å². The Labute approximate surface area is 173 Å². The van der Waals surface area contributed by atoms with Crippen molar-refractivity contribution in [2.24, 2.45) is 0 Å². The number of thiophene rings is 1. The molecule has 1 amide bonds. The lowest BCUT2D eigenvalue weighted by molar-refractivity contribution is -0.126. The lowest BCUT2D eigenvalue weighted by Gasteiger charge is -2.36. The summed E-state index contributed by atoms with van der Waals surface area (Å²) in [6.45, 7) is 3.66. The first-order chi connectivity index (χ1) is 13.3. The highest BCUT2D eigenvalue weighted by atomic mass is 35.5. The van der Waals surface area contributed by atoms with Gasteiger partial charge in [0.1, 0.15) is 10.0 Å². The van der Waals surface area contributed by atoms with Crippen molar-refractivity contribution in [3.8, 4) is 0 Å². The van der Waals surface area contributed by atoms with Gasteiger partial charge in [-0.3, -0.25) is 9.69 Å². The van der Waals surface area contributed by atoms with Gasteiger partial charge in [-0.05, 0) is 36.8 Å². The van der Waals surface area contributed by atoms with Crippen LogP contribution in [0.15, 0.2) is 40.6 Å². The van der Waals surface area contributed by atoms with Gasteiger partial charge in [0.05, 0.1) is 10.4 Å². The molecule has 1 aromatic heterocycles. The summed E-state index contributed by atoms with van der Waals surface area (Å²) in [4.78, 5) is 14.4. The Morgan fingerprint density at radius 3 is 2.39 bits per heavy atom. The van der Waals surface area contributed by atoms with Crippen LogP contribution in [0.25, 0.3) is 0 Å². The summed E-state index contributed by atoms with van der Waals surface area (Å²) in [6.07, 6.45) is 0. The standard InChI is InChI=1S/C18H21ClFN3O3S2/c1-13(18(24)21-12-14-2-4-15(20)5-3-14)22-8-10-23(11-9-22)28(25,26)17-7-6-16(19)27-17/h2-7,13H,8-12H2,1H3,(H,21,24). The second kappa shape index (κ2) is 8.87. The average molecular weight is 446 g/mol. The van der Waals surface area contributed by atoms with Crippen LogP contribution in [-0.2, 0) is 21.4 Å². The first-order valence-corrected chi connectivity index (χ1v) is 11.4. The predicted octanol–water partition coefficient (Wildman–Crippen LogP) is 2.55. The van der Waals surface area contributed by atoms with E-state index in [4.69, 9.17) is 11.6 Å². The molecule has 1 unspecified atom stereocenters. The first-order valence-electron chi connectivity index (χ1n) is 8.79. The van der Waals surface area contributed by atoms with Crippen LogP contribution in [0.5, 0.6) is 0 Å². The number of rotatable bonds is 6. The fourth-order valence-electron chi connectivity index (χ4n) is 3.00. The number of carbonyl (C=O) groups excluding carboxylic acids is 1. The van der Waals surface area contributed by atoms with Crippen LogP contribution in [-0.4, -0.2) is 55.8 Å². The second-order valence-electron chi connectivity index (χ2n) is 6.52. The molecule has 152 valence electrons. The lowest BCUT2D eigenvalue weighted by atomic mass is 10.2. The smallest absolute Gasteiger partial charge is 0.252 e. The van der Waals surface area contributed by atoms with E-state index in [0.717, 1.165) is 16.9 Å². The number of nitrogens with zero attached hydrogens (tertiary/aromatic N) is 2. The largest absolute Gasteiger partial charge is 0.351 e. The van der Waals surface area contributed by atoms with E-state index in [9.17, 15) is 17.6 Å². The van der Waals surface area contributed by atoms with E-state index in [1.165, 1.54) is 22.5 Å². The molecule has 3 rings (SSSR count). The number of nitrogens with one attached hydrogen (secondary N) is 1. The third-order valence-corrected chi connectivity index (χ3v) is 8.32. The summed E-state index contributed by atoms with van der Waals surface area (Å²) in [5, 5.41) is 2.84. The summed E-state index contributed by atoms with van der Waals surface area (Å²) in [5.74, 6) is -0.466. The highest BCUT2D eigenvalue weighted by Gasteiger charge is 2.32. The SMILES string of the molecule is CC(C(=O)NCc1ccc(F)cc1)N1CCN(S(=O)(=O)c2ccc(Cl)s2)CC1. The summed E-state index contributed by atoms with van der Waals surface area (Å²) in [6, 6.07) is 8.66. The maximum atomic E-state index is 12.9. The van der Waals surface area contributed by atoms with Gasteiger partial charge >= 0.3 is 0 Å². The summed E-state index contributed by atoms with van der Waals surface area (Å²) in [5.41, 5.74) is 0.812. The van der Waals surface area contributed by atoms with Crippen molar-refractivity contribution in [3.63, 3.8) is 0 Å². The Balaban J connectivity index is 1.52. The molecule has 6 nitrogen and oxygen atoms in total. The van der Waals surface area contributed by atoms with E-state index in [2.05, 4.69) is 5.32 Å². The molecule has 2 aromatic rings. The zero-order valence-corrected chi connectivity index (χ0v) is 17.7. The van der Waals surface area contributed by atoms with Crippen LogP contribution in [0.1, 0.15) is 12.5 Å². The molecule has 1 atom stereocenters. The topological polar surface area (TPSA) is 69.7 Å². The quantitative estimate of drug-likeness (QED) is 0.741. The molecule has 0 bridgehead atoms. The van der Waals surface area contributed by atoms with Gasteiger partial charge in [-0.25, -0.2) is 12.8 Å². The number of amides is 1. The average Bonchev–Trinajstić information content (AvgIpc) is 3.14. The number of hydrogen-bond donors (Lipinski definition) is 1. The Morgan fingerprint density at radius 2 is 1.82 bits per heavy atom. The van der Waals surface area contributed by atoms with Gasteiger partial charge in [-0.15, -0.1) is 11.3 Å². The second-order valence-corrected chi connectivity index (χ2v) is 10.4. The van der Waals surface area contributed by atoms with Crippen LogP contribution < -0.4 is 5.32 Å². The number of hydrogen-bond acceptors (Lipinski definition) is 5. The molecule has 2 heterocycles. The minimum absolute atomic E-state index is 0.148. The number of benzene rings is 1. The van der Waals surface area contributed by atoms with Crippen molar-refractivity contribution in [2.75, 3.05) is 26.2 Å². The summed E-state index contributed by atoms with van der Waals surface area (Å²) >= 11 is 6.89. The van der Waals surface area contributed by atoms with Gasteiger partial charge in [0, 0.05) is 32.7 Å². The first kappa shape index (κ1) is 21.2. The van der Waals surface area contributed by atoms with Crippen LogP contribution in [0.2, 0.25) is 4.34 Å². The number of carbonyl (C=O) groups is 1. The molecule has 0 aliphatic carbocycles. The van der Waals surface area contributed by atoms with Crippen molar-refractivity contribution >= 4 is 38.9 Å². The fourth-order valence-corrected chi connectivity index (χ4v) is 6.06. The van der Waals surface area contributed by atoms with Gasteiger partial charge in [0.25, 0.3) is 10.0 Å². The normalized spacial score (nSPS) is 17.4. The van der Waals surface area contributed by atoms with Crippen LogP contribution >= 0.6 is 22.9 Å². The molecule has 1 aliphatic heterocycles. The van der Waals surface area contributed by atoms with Gasteiger partial charge in [-0.2, -0.15) is 4.31 Å². The van der Waals surface area contributed by atoms with E-state index in [1.54, 1.807) is 25.1 Å². The molecular weight excluding hydrogens is 425 g/mol.